The summed E-state index contributed by atoms with van der Waals surface area (Å²) in [6.45, 7) is 0.696. The molecule has 0 bridgehead atoms. The molecule has 94 valence electrons. The maximum absolute atomic E-state index is 11.9. The topological polar surface area (TPSA) is 72.9 Å². The standard InChI is InChI=1S/C10H16N4OS2/c1-14-9(8(11)5-13-14)10(15)12-4-7-6-16-2-3-17-7/h5,7H,2-4,6,11H2,1H3,(H,12,15). The lowest BCUT2D eigenvalue weighted by Gasteiger charge is -2.21. The SMILES string of the molecule is Cn1ncc(N)c1C(=O)NCC1CSCCS1. The highest BCUT2D eigenvalue weighted by molar-refractivity contribution is 8.06. The number of aromatic nitrogens is 2. The van der Waals surface area contributed by atoms with Gasteiger partial charge in [0.05, 0.1) is 11.9 Å². The Balaban J connectivity index is 1.89. The van der Waals surface area contributed by atoms with Gasteiger partial charge in [0.15, 0.2) is 0 Å². The molecule has 0 spiro atoms. The quantitative estimate of drug-likeness (QED) is 0.842. The smallest absolute Gasteiger partial charge is 0.271 e. The minimum Gasteiger partial charge on any atom is -0.396 e. The lowest BCUT2D eigenvalue weighted by Crippen LogP contribution is -2.34. The van der Waals surface area contributed by atoms with E-state index in [0.717, 1.165) is 5.75 Å². The minimum absolute atomic E-state index is 0.140. The molecule has 1 fully saturated rings. The molecule has 1 aromatic heterocycles. The molecule has 2 heterocycles. The Morgan fingerprint density at radius 3 is 3.12 bits per heavy atom. The highest BCUT2D eigenvalue weighted by Gasteiger charge is 2.18. The van der Waals surface area contributed by atoms with Gasteiger partial charge >= 0.3 is 0 Å². The van der Waals surface area contributed by atoms with Gasteiger partial charge in [-0.2, -0.15) is 28.6 Å². The molecule has 0 radical (unpaired) electrons. The molecule has 1 amide bonds. The van der Waals surface area contributed by atoms with Crippen LogP contribution in [0.1, 0.15) is 10.5 Å². The van der Waals surface area contributed by atoms with Gasteiger partial charge in [0.2, 0.25) is 0 Å². The molecule has 3 N–H and O–H groups in total. The van der Waals surface area contributed by atoms with E-state index in [9.17, 15) is 4.79 Å². The van der Waals surface area contributed by atoms with Crippen LogP contribution in [0.5, 0.6) is 0 Å². The van der Waals surface area contributed by atoms with Gasteiger partial charge in [0.25, 0.3) is 5.91 Å². The van der Waals surface area contributed by atoms with E-state index in [0.29, 0.717) is 23.2 Å². The third kappa shape index (κ3) is 3.10. The average Bonchev–Trinajstić information content (AvgIpc) is 2.67. The van der Waals surface area contributed by atoms with Gasteiger partial charge in [-0.25, -0.2) is 0 Å². The molecule has 5 nitrogen and oxygen atoms in total. The van der Waals surface area contributed by atoms with Gasteiger partial charge in [-0.15, -0.1) is 0 Å². The first-order chi connectivity index (χ1) is 8.18. The Hall–Kier alpha value is -0.820. The number of carbonyl (C=O) groups is 1. The van der Waals surface area contributed by atoms with Crippen LogP contribution in [-0.2, 0) is 7.05 Å². The second-order valence-electron chi connectivity index (χ2n) is 3.85. The van der Waals surface area contributed by atoms with Gasteiger partial charge in [-0.1, -0.05) is 0 Å². The van der Waals surface area contributed by atoms with Crippen molar-refractivity contribution in [3.05, 3.63) is 11.9 Å². The number of amides is 1. The summed E-state index contributed by atoms with van der Waals surface area (Å²) in [5.41, 5.74) is 6.57. The van der Waals surface area contributed by atoms with Crippen molar-refractivity contribution < 1.29 is 4.79 Å². The van der Waals surface area contributed by atoms with E-state index in [1.54, 1.807) is 7.05 Å². The molecule has 1 saturated heterocycles. The largest absolute Gasteiger partial charge is 0.396 e. The number of hydrogen-bond acceptors (Lipinski definition) is 5. The van der Waals surface area contributed by atoms with E-state index in [4.69, 9.17) is 5.73 Å². The number of nitrogens with zero attached hydrogens (tertiary/aromatic N) is 2. The molecule has 0 aromatic carbocycles. The summed E-state index contributed by atoms with van der Waals surface area (Å²) in [6, 6.07) is 0. The van der Waals surface area contributed by atoms with E-state index in [2.05, 4.69) is 10.4 Å². The number of nitrogens with two attached hydrogens (primary N) is 1. The number of nitrogens with one attached hydrogen (secondary N) is 1. The summed E-state index contributed by atoms with van der Waals surface area (Å²) < 4.78 is 1.51. The number of thioether (sulfide) groups is 2. The van der Waals surface area contributed by atoms with E-state index >= 15 is 0 Å². The first-order valence-electron chi connectivity index (χ1n) is 5.43. The first-order valence-corrected chi connectivity index (χ1v) is 7.64. The molecular formula is C10H16N4OS2. The van der Waals surface area contributed by atoms with Crippen LogP contribution in [0.15, 0.2) is 6.20 Å². The first kappa shape index (κ1) is 12.6. The number of anilines is 1. The van der Waals surface area contributed by atoms with Crippen LogP contribution < -0.4 is 11.1 Å². The van der Waals surface area contributed by atoms with Crippen molar-refractivity contribution >= 4 is 35.1 Å². The Kier molecular flexibility index (Phi) is 4.22. The number of hydrogen-bond donors (Lipinski definition) is 2. The minimum atomic E-state index is -0.140. The summed E-state index contributed by atoms with van der Waals surface area (Å²) in [6.07, 6.45) is 1.50. The zero-order valence-electron chi connectivity index (χ0n) is 9.68. The average molecular weight is 272 g/mol. The van der Waals surface area contributed by atoms with Crippen LogP contribution in [0, 0.1) is 0 Å². The van der Waals surface area contributed by atoms with E-state index in [-0.39, 0.29) is 5.91 Å². The zero-order valence-corrected chi connectivity index (χ0v) is 11.3. The number of nitrogen functional groups attached to an aromatic ring is 1. The summed E-state index contributed by atoms with van der Waals surface area (Å²) in [4.78, 5) is 11.9. The van der Waals surface area contributed by atoms with Gasteiger partial charge < -0.3 is 11.1 Å². The maximum Gasteiger partial charge on any atom is 0.271 e. The molecule has 2 rings (SSSR count). The predicted octanol–water partition coefficient (Wildman–Crippen LogP) is 0.581. The van der Waals surface area contributed by atoms with Crippen LogP contribution in [0.2, 0.25) is 0 Å². The zero-order chi connectivity index (χ0) is 12.3. The van der Waals surface area contributed by atoms with E-state index in [1.807, 2.05) is 23.5 Å². The van der Waals surface area contributed by atoms with Crippen LogP contribution in [0.25, 0.3) is 0 Å². The van der Waals surface area contributed by atoms with Crippen LogP contribution >= 0.6 is 23.5 Å². The van der Waals surface area contributed by atoms with Gasteiger partial charge in [0, 0.05) is 36.1 Å². The highest BCUT2D eigenvalue weighted by Crippen LogP contribution is 2.23. The molecular weight excluding hydrogens is 256 g/mol. The lowest BCUT2D eigenvalue weighted by molar-refractivity contribution is 0.0946. The van der Waals surface area contributed by atoms with Crippen LogP contribution in [0.4, 0.5) is 5.69 Å². The monoisotopic (exact) mass is 272 g/mol. The number of rotatable bonds is 3. The van der Waals surface area contributed by atoms with Gasteiger partial charge in [-0.05, 0) is 0 Å². The second kappa shape index (κ2) is 5.68. The fourth-order valence-corrected chi connectivity index (χ4v) is 4.29. The Morgan fingerprint density at radius 1 is 1.71 bits per heavy atom. The van der Waals surface area contributed by atoms with Crippen molar-refractivity contribution in [1.29, 1.82) is 0 Å². The summed E-state index contributed by atoms with van der Waals surface area (Å²) in [5, 5.41) is 7.38. The van der Waals surface area contributed by atoms with Crippen LogP contribution in [0.3, 0.4) is 0 Å². The summed E-state index contributed by atoms with van der Waals surface area (Å²) in [7, 11) is 1.72. The molecule has 1 aliphatic rings. The summed E-state index contributed by atoms with van der Waals surface area (Å²) >= 11 is 3.87. The number of carbonyl (C=O) groups excluding carboxylic acids is 1. The molecule has 1 aliphatic heterocycles. The van der Waals surface area contributed by atoms with Crippen molar-refractivity contribution in [2.45, 2.75) is 5.25 Å². The van der Waals surface area contributed by atoms with Crippen LogP contribution in [-0.4, -0.2) is 44.7 Å². The fourth-order valence-electron chi connectivity index (χ4n) is 1.68. The number of aryl methyl sites for hydroxylation is 1. The molecule has 1 aromatic rings. The van der Waals surface area contributed by atoms with Crippen molar-refractivity contribution in [2.75, 3.05) is 29.5 Å². The van der Waals surface area contributed by atoms with Gasteiger partial charge in [-0.3, -0.25) is 9.48 Å². The molecule has 1 unspecified atom stereocenters. The molecule has 17 heavy (non-hydrogen) atoms. The Labute approximate surface area is 109 Å². The molecule has 1 atom stereocenters. The van der Waals surface area contributed by atoms with Crippen molar-refractivity contribution in [1.82, 2.24) is 15.1 Å². The second-order valence-corrected chi connectivity index (χ2v) is 6.41. The van der Waals surface area contributed by atoms with Crippen molar-refractivity contribution in [3.8, 4) is 0 Å². The normalized spacial score (nSPS) is 20.2. The maximum atomic E-state index is 11.9. The fraction of sp³-hybridized carbons (Fsp3) is 0.600. The van der Waals surface area contributed by atoms with Crippen molar-refractivity contribution in [3.63, 3.8) is 0 Å². The predicted molar refractivity (Wildman–Crippen MR) is 73.5 cm³/mol. The van der Waals surface area contributed by atoms with Gasteiger partial charge in [0.1, 0.15) is 5.69 Å². The Morgan fingerprint density at radius 2 is 2.53 bits per heavy atom. The lowest BCUT2D eigenvalue weighted by atomic mass is 10.3. The highest BCUT2D eigenvalue weighted by atomic mass is 32.2. The van der Waals surface area contributed by atoms with Crippen molar-refractivity contribution in [2.24, 2.45) is 7.05 Å². The van der Waals surface area contributed by atoms with E-state index in [1.165, 1.54) is 22.4 Å². The summed E-state index contributed by atoms with van der Waals surface area (Å²) in [5.74, 6) is 3.34. The Bertz CT molecular complexity index is 382. The third-order valence-corrected chi connectivity index (χ3v) is 5.40. The third-order valence-electron chi connectivity index (χ3n) is 2.56. The van der Waals surface area contributed by atoms with E-state index < -0.39 is 0 Å². The molecule has 0 aliphatic carbocycles. The molecule has 7 heteroatoms. The molecule has 0 saturated carbocycles.